The van der Waals surface area contributed by atoms with Crippen molar-refractivity contribution in [2.24, 2.45) is 5.92 Å². The highest BCUT2D eigenvalue weighted by Crippen LogP contribution is 2.33. The summed E-state index contributed by atoms with van der Waals surface area (Å²) >= 11 is 0. The molecule has 1 aliphatic rings. The Balaban J connectivity index is 1.76. The first-order valence-corrected chi connectivity index (χ1v) is 7.94. The lowest BCUT2D eigenvalue weighted by atomic mass is 10.1. The number of fused-ring (bicyclic) bond motifs is 1. The first kappa shape index (κ1) is 15.6. The fourth-order valence-electron chi connectivity index (χ4n) is 2.78. The van der Waals surface area contributed by atoms with Crippen molar-refractivity contribution >= 4 is 5.91 Å². The molecule has 5 nitrogen and oxygen atoms in total. The van der Waals surface area contributed by atoms with Gasteiger partial charge in [0.1, 0.15) is 12.4 Å². The highest BCUT2D eigenvalue weighted by Gasteiger charge is 2.28. The summed E-state index contributed by atoms with van der Waals surface area (Å²) in [4.78, 5) is 16.9. The highest BCUT2D eigenvalue weighted by molar-refractivity contribution is 5.92. The molecule has 1 amide bonds. The molecule has 23 heavy (non-hydrogen) atoms. The maximum Gasteiger partial charge on any atom is 0.289 e. The van der Waals surface area contributed by atoms with Gasteiger partial charge < -0.3 is 14.5 Å². The quantitative estimate of drug-likeness (QED) is 0.940. The largest absolute Gasteiger partial charge is 0.491 e. The number of amides is 1. The number of carbonyl (C=O) groups is 1. The fourth-order valence-corrected chi connectivity index (χ4v) is 2.78. The van der Waals surface area contributed by atoms with Crippen LogP contribution in [0.5, 0.6) is 5.75 Å². The molecule has 0 aliphatic carbocycles. The molecule has 0 fully saturated rings. The number of aromatic nitrogens is 1. The van der Waals surface area contributed by atoms with Gasteiger partial charge in [-0.3, -0.25) is 4.79 Å². The Morgan fingerprint density at radius 2 is 2.17 bits per heavy atom. The standard InChI is InChI=1S/C18H22N2O3/c1-10(2)7-16-19-12(4)17(23-16)18(21)20-14-9-22-15-6-5-11(3)8-13(14)15/h5-6,8,10,14H,7,9H2,1-4H3,(H,20,21)/t14-/m1/s1. The smallest absolute Gasteiger partial charge is 0.289 e. The van der Waals surface area contributed by atoms with E-state index in [0.29, 0.717) is 29.9 Å². The second-order valence-corrected chi connectivity index (χ2v) is 6.50. The van der Waals surface area contributed by atoms with E-state index in [0.717, 1.165) is 23.3 Å². The maximum absolute atomic E-state index is 12.5. The van der Waals surface area contributed by atoms with Gasteiger partial charge in [-0.1, -0.05) is 31.5 Å². The van der Waals surface area contributed by atoms with Crippen molar-refractivity contribution < 1.29 is 13.9 Å². The third kappa shape index (κ3) is 3.23. The van der Waals surface area contributed by atoms with E-state index >= 15 is 0 Å². The fraction of sp³-hybridized carbons (Fsp3) is 0.444. The predicted molar refractivity (Wildman–Crippen MR) is 86.7 cm³/mol. The second-order valence-electron chi connectivity index (χ2n) is 6.50. The van der Waals surface area contributed by atoms with E-state index in [4.69, 9.17) is 9.15 Å². The number of hydrogen-bond donors (Lipinski definition) is 1. The summed E-state index contributed by atoms with van der Waals surface area (Å²) in [6.45, 7) is 8.45. The molecule has 0 radical (unpaired) electrons. The number of nitrogens with one attached hydrogen (secondary N) is 1. The molecule has 0 saturated heterocycles. The minimum atomic E-state index is -0.243. The Kier molecular flexibility index (Phi) is 4.11. The molecule has 1 aromatic heterocycles. The zero-order valence-electron chi connectivity index (χ0n) is 14.0. The minimum Gasteiger partial charge on any atom is -0.491 e. The average Bonchev–Trinajstić information content (AvgIpc) is 3.02. The van der Waals surface area contributed by atoms with Gasteiger partial charge in [0.25, 0.3) is 5.91 Å². The van der Waals surface area contributed by atoms with Crippen LogP contribution in [0.15, 0.2) is 22.6 Å². The number of oxazole rings is 1. The van der Waals surface area contributed by atoms with Gasteiger partial charge in [0.05, 0.1) is 11.7 Å². The van der Waals surface area contributed by atoms with Crippen molar-refractivity contribution in [3.05, 3.63) is 46.7 Å². The first-order chi connectivity index (χ1) is 10.9. The molecule has 3 rings (SSSR count). The number of rotatable bonds is 4. The van der Waals surface area contributed by atoms with E-state index in [9.17, 15) is 4.79 Å². The van der Waals surface area contributed by atoms with E-state index < -0.39 is 0 Å². The van der Waals surface area contributed by atoms with Crippen molar-refractivity contribution in [2.45, 2.75) is 40.2 Å². The lowest BCUT2D eigenvalue weighted by Crippen LogP contribution is -2.29. The molecule has 1 atom stereocenters. The van der Waals surface area contributed by atoms with Gasteiger partial charge in [-0.05, 0) is 25.8 Å². The topological polar surface area (TPSA) is 64.4 Å². The number of hydrogen-bond acceptors (Lipinski definition) is 4. The lowest BCUT2D eigenvalue weighted by Gasteiger charge is -2.11. The monoisotopic (exact) mass is 314 g/mol. The van der Waals surface area contributed by atoms with E-state index in [1.807, 2.05) is 25.1 Å². The van der Waals surface area contributed by atoms with E-state index in [1.165, 1.54) is 0 Å². The molecule has 1 aromatic carbocycles. The van der Waals surface area contributed by atoms with Crippen LogP contribution in [0.1, 0.15) is 53.2 Å². The van der Waals surface area contributed by atoms with Gasteiger partial charge in [0.15, 0.2) is 5.89 Å². The Labute approximate surface area is 136 Å². The van der Waals surface area contributed by atoms with Crippen molar-refractivity contribution in [3.63, 3.8) is 0 Å². The Morgan fingerprint density at radius 3 is 2.91 bits per heavy atom. The average molecular weight is 314 g/mol. The molecule has 0 spiro atoms. The number of benzene rings is 1. The number of nitrogens with zero attached hydrogens (tertiary/aromatic N) is 1. The molecule has 1 N–H and O–H groups in total. The normalized spacial score (nSPS) is 16.3. The Hall–Kier alpha value is -2.30. The molecule has 0 saturated carbocycles. The van der Waals surface area contributed by atoms with Crippen LogP contribution in [0.25, 0.3) is 0 Å². The van der Waals surface area contributed by atoms with Crippen LogP contribution in [0.3, 0.4) is 0 Å². The summed E-state index contributed by atoms with van der Waals surface area (Å²) in [5, 5.41) is 2.99. The summed E-state index contributed by atoms with van der Waals surface area (Å²) in [7, 11) is 0. The Bertz CT molecular complexity index is 734. The van der Waals surface area contributed by atoms with Crippen molar-refractivity contribution in [1.82, 2.24) is 10.3 Å². The first-order valence-electron chi connectivity index (χ1n) is 7.94. The van der Waals surface area contributed by atoms with E-state index in [1.54, 1.807) is 6.92 Å². The van der Waals surface area contributed by atoms with Crippen LogP contribution < -0.4 is 10.1 Å². The summed E-state index contributed by atoms with van der Waals surface area (Å²) in [6, 6.07) is 5.83. The van der Waals surface area contributed by atoms with Gasteiger partial charge in [-0.15, -0.1) is 0 Å². The zero-order valence-corrected chi connectivity index (χ0v) is 14.0. The van der Waals surface area contributed by atoms with Crippen molar-refractivity contribution in [2.75, 3.05) is 6.61 Å². The van der Waals surface area contributed by atoms with Crippen molar-refractivity contribution in [3.8, 4) is 5.75 Å². The molecule has 0 unspecified atom stereocenters. The van der Waals surface area contributed by atoms with Crippen molar-refractivity contribution in [1.29, 1.82) is 0 Å². The third-order valence-corrected chi connectivity index (χ3v) is 3.88. The molecule has 122 valence electrons. The predicted octanol–water partition coefficient (Wildman–Crippen LogP) is 3.35. The molecule has 5 heteroatoms. The molecule has 0 bridgehead atoms. The highest BCUT2D eigenvalue weighted by atomic mass is 16.5. The van der Waals surface area contributed by atoms with Crippen LogP contribution in [-0.2, 0) is 6.42 Å². The van der Waals surface area contributed by atoms with Gasteiger partial charge >= 0.3 is 0 Å². The second kappa shape index (κ2) is 6.07. The molecular weight excluding hydrogens is 292 g/mol. The number of ether oxygens (including phenoxy) is 1. The zero-order chi connectivity index (χ0) is 16.6. The summed E-state index contributed by atoms with van der Waals surface area (Å²) in [6.07, 6.45) is 0.725. The maximum atomic E-state index is 12.5. The van der Waals surface area contributed by atoms with E-state index in [-0.39, 0.29) is 11.9 Å². The molecular formula is C18H22N2O3. The van der Waals surface area contributed by atoms with Crippen LogP contribution in [0.4, 0.5) is 0 Å². The number of carbonyl (C=O) groups excluding carboxylic acids is 1. The molecule has 1 aliphatic heterocycles. The van der Waals surface area contributed by atoms with Crippen LogP contribution in [-0.4, -0.2) is 17.5 Å². The van der Waals surface area contributed by atoms with Gasteiger partial charge in [0, 0.05) is 12.0 Å². The van der Waals surface area contributed by atoms with Gasteiger partial charge in [-0.25, -0.2) is 4.98 Å². The van der Waals surface area contributed by atoms with E-state index in [2.05, 4.69) is 24.1 Å². The minimum absolute atomic E-state index is 0.157. The lowest BCUT2D eigenvalue weighted by molar-refractivity contribution is 0.0899. The summed E-state index contributed by atoms with van der Waals surface area (Å²) < 4.78 is 11.3. The summed E-state index contributed by atoms with van der Waals surface area (Å²) in [5.74, 6) is 1.93. The molecule has 2 aromatic rings. The van der Waals surface area contributed by atoms with Crippen LogP contribution >= 0.6 is 0 Å². The van der Waals surface area contributed by atoms with Crippen LogP contribution in [0, 0.1) is 19.8 Å². The van der Waals surface area contributed by atoms with Gasteiger partial charge in [-0.2, -0.15) is 0 Å². The molecule has 2 heterocycles. The van der Waals surface area contributed by atoms with Crippen LogP contribution in [0.2, 0.25) is 0 Å². The third-order valence-electron chi connectivity index (χ3n) is 3.88. The van der Waals surface area contributed by atoms with Gasteiger partial charge in [0.2, 0.25) is 5.76 Å². The summed E-state index contributed by atoms with van der Waals surface area (Å²) in [5.41, 5.74) is 2.78. The Morgan fingerprint density at radius 1 is 1.39 bits per heavy atom. The number of aryl methyl sites for hydroxylation is 2. The SMILES string of the molecule is Cc1ccc2c(c1)[C@H](NC(=O)c1oc(CC(C)C)nc1C)CO2.